The molecule has 3 rings (SSSR count). The Hall–Kier alpha value is -2.52. The van der Waals surface area contributed by atoms with Crippen LogP contribution in [0.15, 0.2) is 66.7 Å². The van der Waals surface area contributed by atoms with Crippen LogP contribution in [0.2, 0.25) is 5.02 Å². The van der Waals surface area contributed by atoms with E-state index in [4.69, 9.17) is 11.6 Å². The molecule has 1 amide bonds. The van der Waals surface area contributed by atoms with Gasteiger partial charge in [-0.15, -0.1) is 0 Å². The van der Waals surface area contributed by atoms with Gasteiger partial charge in [-0.1, -0.05) is 41.9 Å². The molecule has 0 spiro atoms. The first-order valence-corrected chi connectivity index (χ1v) is 7.81. The molecule has 3 aromatic carbocycles. The van der Waals surface area contributed by atoms with Gasteiger partial charge in [0.25, 0.3) is 0 Å². The quantitative estimate of drug-likeness (QED) is 0.714. The molecule has 0 aliphatic carbocycles. The summed E-state index contributed by atoms with van der Waals surface area (Å²) in [6.45, 7) is 1.83. The fourth-order valence-electron chi connectivity index (χ4n) is 2.38. The van der Waals surface area contributed by atoms with Gasteiger partial charge in [-0.25, -0.2) is 0 Å². The second-order valence-electron chi connectivity index (χ2n) is 5.42. The zero-order valence-corrected chi connectivity index (χ0v) is 13.5. The summed E-state index contributed by atoms with van der Waals surface area (Å²) in [5, 5.41) is 9.06. The Labute approximate surface area is 140 Å². The van der Waals surface area contributed by atoms with Crippen molar-refractivity contribution in [2.75, 3.05) is 10.6 Å². The van der Waals surface area contributed by atoms with Gasteiger partial charge in [0.2, 0.25) is 5.91 Å². The zero-order chi connectivity index (χ0) is 16.2. The third-order valence-electron chi connectivity index (χ3n) is 3.64. The Morgan fingerprint density at radius 2 is 1.57 bits per heavy atom. The summed E-state index contributed by atoms with van der Waals surface area (Å²) in [5.74, 6) is -0.0968. The molecular weight excluding hydrogens is 308 g/mol. The second kappa shape index (κ2) is 6.71. The summed E-state index contributed by atoms with van der Waals surface area (Å²) in [4.78, 5) is 12.3. The molecule has 3 nitrogen and oxygen atoms in total. The minimum atomic E-state index is -0.355. The van der Waals surface area contributed by atoms with Crippen LogP contribution >= 0.6 is 11.6 Å². The Morgan fingerprint density at radius 3 is 2.30 bits per heavy atom. The van der Waals surface area contributed by atoms with Gasteiger partial charge < -0.3 is 10.6 Å². The molecule has 0 radical (unpaired) electrons. The van der Waals surface area contributed by atoms with Gasteiger partial charge in [-0.3, -0.25) is 4.79 Å². The number of hydrogen-bond donors (Lipinski definition) is 2. The van der Waals surface area contributed by atoms with Crippen LogP contribution in [0.1, 0.15) is 6.92 Å². The number of halogens is 1. The van der Waals surface area contributed by atoms with E-state index in [1.165, 1.54) is 5.39 Å². The van der Waals surface area contributed by atoms with E-state index in [1.54, 1.807) is 24.3 Å². The van der Waals surface area contributed by atoms with Gasteiger partial charge in [0, 0.05) is 16.4 Å². The Kier molecular flexibility index (Phi) is 4.49. The van der Waals surface area contributed by atoms with Crippen LogP contribution in [0, 0.1) is 0 Å². The number of nitrogens with one attached hydrogen (secondary N) is 2. The Morgan fingerprint density at radius 1 is 0.913 bits per heavy atom. The lowest BCUT2D eigenvalue weighted by atomic mass is 10.1. The van der Waals surface area contributed by atoms with E-state index >= 15 is 0 Å². The highest BCUT2D eigenvalue weighted by molar-refractivity contribution is 6.30. The summed E-state index contributed by atoms with van der Waals surface area (Å²) in [7, 11) is 0. The van der Waals surface area contributed by atoms with Crippen molar-refractivity contribution < 1.29 is 4.79 Å². The van der Waals surface area contributed by atoms with Gasteiger partial charge in [-0.05, 0) is 54.1 Å². The average molecular weight is 325 g/mol. The van der Waals surface area contributed by atoms with Crippen LogP contribution in [0.3, 0.4) is 0 Å². The molecule has 0 unspecified atom stereocenters. The fourth-order valence-corrected chi connectivity index (χ4v) is 2.50. The molecule has 0 aromatic heterocycles. The first kappa shape index (κ1) is 15.4. The summed E-state index contributed by atoms with van der Waals surface area (Å²) in [5.41, 5.74) is 1.65. The lowest BCUT2D eigenvalue weighted by Gasteiger charge is -2.16. The normalized spacial score (nSPS) is 11.9. The molecule has 0 saturated heterocycles. The minimum Gasteiger partial charge on any atom is -0.374 e. The van der Waals surface area contributed by atoms with Gasteiger partial charge in [0.1, 0.15) is 6.04 Å². The van der Waals surface area contributed by atoms with Crippen molar-refractivity contribution in [2.45, 2.75) is 13.0 Å². The van der Waals surface area contributed by atoms with E-state index in [9.17, 15) is 4.79 Å². The molecule has 23 heavy (non-hydrogen) atoms. The highest BCUT2D eigenvalue weighted by Gasteiger charge is 2.13. The van der Waals surface area contributed by atoms with Crippen molar-refractivity contribution in [3.63, 3.8) is 0 Å². The smallest absolute Gasteiger partial charge is 0.246 e. The van der Waals surface area contributed by atoms with Gasteiger partial charge in [-0.2, -0.15) is 0 Å². The molecular formula is C19H17ClN2O. The first-order valence-electron chi connectivity index (χ1n) is 7.43. The average Bonchev–Trinajstić information content (AvgIpc) is 2.56. The highest BCUT2D eigenvalue weighted by atomic mass is 35.5. The standard InChI is InChI=1S/C19H17ClN2O/c1-13(19(23)22-17-10-7-16(20)8-11-17)21-18-9-6-14-4-2-3-5-15(14)12-18/h2-13,21H,1H3,(H,22,23)/t13-/m0/s1. The van der Waals surface area contributed by atoms with E-state index < -0.39 is 0 Å². The maximum absolute atomic E-state index is 12.3. The number of amides is 1. The zero-order valence-electron chi connectivity index (χ0n) is 12.7. The van der Waals surface area contributed by atoms with E-state index in [0.29, 0.717) is 5.02 Å². The Bertz CT molecular complexity index is 830. The van der Waals surface area contributed by atoms with Crippen molar-refractivity contribution in [3.8, 4) is 0 Å². The van der Waals surface area contributed by atoms with Crippen LogP contribution in [0.25, 0.3) is 10.8 Å². The van der Waals surface area contributed by atoms with Crippen molar-refractivity contribution in [1.29, 1.82) is 0 Å². The number of anilines is 2. The summed E-state index contributed by atoms with van der Waals surface area (Å²) >= 11 is 5.84. The monoisotopic (exact) mass is 324 g/mol. The molecule has 0 bridgehead atoms. The molecule has 0 fully saturated rings. The maximum atomic E-state index is 12.3. The largest absolute Gasteiger partial charge is 0.374 e. The second-order valence-corrected chi connectivity index (χ2v) is 5.86. The number of rotatable bonds is 4. The van der Waals surface area contributed by atoms with Crippen molar-refractivity contribution in [3.05, 3.63) is 71.8 Å². The molecule has 0 aliphatic heterocycles. The van der Waals surface area contributed by atoms with E-state index in [0.717, 1.165) is 16.8 Å². The number of hydrogen-bond acceptors (Lipinski definition) is 2. The van der Waals surface area contributed by atoms with Crippen LogP contribution in [0.4, 0.5) is 11.4 Å². The summed E-state index contributed by atoms with van der Waals surface area (Å²) < 4.78 is 0. The Balaban J connectivity index is 1.68. The third-order valence-corrected chi connectivity index (χ3v) is 3.89. The number of carbonyl (C=O) groups is 1. The molecule has 1 atom stereocenters. The van der Waals surface area contributed by atoms with Crippen molar-refractivity contribution >= 4 is 39.7 Å². The van der Waals surface area contributed by atoms with Crippen LogP contribution < -0.4 is 10.6 Å². The molecule has 0 aliphatic rings. The number of fused-ring (bicyclic) bond motifs is 1. The highest BCUT2D eigenvalue weighted by Crippen LogP contribution is 2.20. The fraction of sp³-hybridized carbons (Fsp3) is 0.105. The molecule has 116 valence electrons. The molecule has 0 heterocycles. The first-order chi connectivity index (χ1) is 11.1. The topological polar surface area (TPSA) is 41.1 Å². The van der Waals surface area contributed by atoms with Crippen LogP contribution in [0.5, 0.6) is 0 Å². The van der Waals surface area contributed by atoms with Gasteiger partial charge in [0.05, 0.1) is 0 Å². The lowest BCUT2D eigenvalue weighted by Crippen LogP contribution is -2.31. The van der Waals surface area contributed by atoms with Gasteiger partial charge >= 0.3 is 0 Å². The van der Waals surface area contributed by atoms with Crippen molar-refractivity contribution in [2.24, 2.45) is 0 Å². The molecule has 4 heteroatoms. The summed E-state index contributed by atoms with van der Waals surface area (Å²) in [6.07, 6.45) is 0. The summed E-state index contributed by atoms with van der Waals surface area (Å²) in [6, 6.07) is 20.9. The molecule has 3 aromatic rings. The van der Waals surface area contributed by atoms with Crippen LogP contribution in [-0.4, -0.2) is 11.9 Å². The van der Waals surface area contributed by atoms with E-state index in [-0.39, 0.29) is 11.9 Å². The third kappa shape index (κ3) is 3.82. The minimum absolute atomic E-state index is 0.0968. The van der Waals surface area contributed by atoms with E-state index in [1.807, 2.05) is 37.3 Å². The van der Waals surface area contributed by atoms with E-state index in [2.05, 4.69) is 22.8 Å². The van der Waals surface area contributed by atoms with Crippen LogP contribution in [-0.2, 0) is 4.79 Å². The maximum Gasteiger partial charge on any atom is 0.246 e. The predicted octanol–water partition coefficient (Wildman–Crippen LogP) is 4.93. The number of benzene rings is 3. The molecule has 0 saturated carbocycles. The molecule has 2 N–H and O–H groups in total. The SMILES string of the molecule is C[C@H](Nc1ccc2ccccc2c1)C(=O)Nc1ccc(Cl)cc1. The number of carbonyl (C=O) groups excluding carboxylic acids is 1. The van der Waals surface area contributed by atoms with Crippen molar-refractivity contribution in [1.82, 2.24) is 0 Å². The van der Waals surface area contributed by atoms with Gasteiger partial charge in [0.15, 0.2) is 0 Å². The lowest BCUT2D eigenvalue weighted by molar-refractivity contribution is -0.116. The predicted molar refractivity (Wildman–Crippen MR) is 97.1 cm³/mol.